The van der Waals surface area contributed by atoms with Crippen LogP contribution in [0.2, 0.25) is 0 Å². The zero-order valence-electron chi connectivity index (χ0n) is 13.5. The van der Waals surface area contributed by atoms with Crippen molar-refractivity contribution in [3.05, 3.63) is 22.4 Å². The van der Waals surface area contributed by atoms with Gasteiger partial charge in [-0.05, 0) is 44.2 Å². The molecule has 1 unspecified atom stereocenters. The van der Waals surface area contributed by atoms with Crippen molar-refractivity contribution in [2.24, 2.45) is 0 Å². The highest BCUT2D eigenvalue weighted by atomic mass is 32.1. The van der Waals surface area contributed by atoms with Gasteiger partial charge in [0.25, 0.3) is 0 Å². The summed E-state index contributed by atoms with van der Waals surface area (Å²) in [7, 11) is 0. The quantitative estimate of drug-likeness (QED) is 0.751. The van der Waals surface area contributed by atoms with Gasteiger partial charge in [-0.3, -0.25) is 0 Å². The number of piperidine rings is 1. The second-order valence-electron chi connectivity index (χ2n) is 6.19. The maximum atomic E-state index is 12.0. The molecule has 1 aromatic rings. The summed E-state index contributed by atoms with van der Waals surface area (Å²) in [6.45, 7) is 7.37. The highest BCUT2D eigenvalue weighted by Crippen LogP contribution is 2.24. The van der Waals surface area contributed by atoms with E-state index in [-0.39, 0.29) is 18.6 Å². The molecule has 1 aliphatic heterocycles. The van der Waals surface area contributed by atoms with Gasteiger partial charge >= 0.3 is 6.03 Å². The number of thiophene rings is 1. The number of rotatable bonds is 6. The summed E-state index contributed by atoms with van der Waals surface area (Å²) in [4.78, 5) is 15.3. The van der Waals surface area contributed by atoms with Gasteiger partial charge in [-0.25, -0.2) is 4.79 Å². The fourth-order valence-corrected chi connectivity index (χ4v) is 3.57. The molecular formula is C16H27N3O2S. The summed E-state index contributed by atoms with van der Waals surface area (Å²) < 4.78 is 0. The van der Waals surface area contributed by atoms with Crippen LogP contribution in [0.1, 0.15) is 38.0 Å². The molecule has 22 heavy (non-hydrogen) atoms. The Labute approximate surface area is 136 Å². The molecule has 0 aromatic carbocycles. The van der Waals surface area contributed by atoms with Crippen molar-refractivity contribution in [1.82, 2.24) is 15.5 Å². The van der Waals surface area contributed by atoms with Crippen LogP contribution < -0.4 is 10.6 Å². The average molecular weight is 325 g/mol. The van der Waals surface area contributed by atoms with E-state index in [9.17, 15) is 9.90 Å². The molecule has 124 valence electrons. The van der Waals surface area contributed by atoms with Gasteiger partial charge < -0.3 is 20.6 Å². The molecule has 3 N–H and O–H groups in total. The fraction of sp³-hybridized carbons (Fsp3) is 0.688. The van der Waals surface area contributed by atoms with Gasteiger partial charge in [-0.2, -0.15) is 0 Å². The molecule has 5 nitrogen and oxygen atoms in total. The van der Waals surface area contributed by atoms with Crippen LogP contribution in [0.5, 0.6) is 0 Å². The number of carbonyl (C=O) groups is 1. The van der Waals surface area contributed by atoms with Gasteiger partial charge in [0, 0.05) is 24.0 Å². The lowest BCUT2D eigenvalue weighted by Gasteiger charge is -2.32. The molecule has 1 atom stereocenters. The van der Waals surface area contributed by atoms with Crippen LogP contribution in [0, 0.1) is 0 Å². The molecule has 1 aromatic heterocycles. The number of aliphatic hydroxyl groups is 1. The number of carbonyl (C=O) groups excluding carboxylic acids is 1. The molecule has 0 bridgehead atoms. The Morgan fingerprint density at radius 2 is 2.23 bits per heavy atom. The van der Waals surface area contributed by atoms with Crippen LogP contribution in [0.3, 0.4) is 0 Å². The first-order valence-electron chi connectivity index (χ1n) is 8.04. The normalized spacial score (nSPS) is 19.6. The Kier molecular flexibility index (Phi) is 6.23. The number of likely N-dealkylation sites (tertiary alicyclic amines) is 1. The lowest BCUT2D eigenvalue weighted by molar-refractivity contribution is 0.0628. The molecule has 2 rings (SSSR count). The van der Waals surface area contributed by atoms with Crippen LogP contribution in [0.25, 0.3) is 0 Å². The predicted octanol–water partition coefficient (Wildman–Crippen LogP) is 2.13. The average Bonchev–Trinajstić information content (AvgIpc) is 3.03. The molecule has 0 saturated carbocycles. The topological polar surface area (TPSA) is 64.6 Å². The molecule has 2 heterocycles. The molecule has 0 radical (unpaired) electrons. The fourth-order valence-electron chi connectivity index (χ4n) is 2.78. The summed E-state index contributed by atoms with van der Waals surface area (Å²) in [6, 6.07) is 3.83. The zero-order chi connectivity index (χ0) is 16.0. The number of amides is 2. The predicted molar refractivity (Wildman–Crippen MR) is 90.2 cm³/mol. The van der Waals surface area contributed by atoms with Gasteiger partial charge in [0.2, 0.25) is 0 Å². The first kappa shape index (κ1) is 17.2. The minimum Gasteiger partial charge on any atom is -0.383 e. The maximum absolute atomic E-state index is 12.0. The van der Waals surface area contributed by atoms with Crippen LogP contribution >= 0.6 is 11.3 Å². The number of urea groups is 1. The first-order chi connectivity index (χ1) is 10.5. The van der Waals surface area contributed by atoms with E-state index in [1.54, 1.807) is 6.92 Å². The van der Waals surface area contributed by atoms with E-state index < -0.39 is 5.60 Å². The Morgan fingerprint density at radius 3 is 2.82 bits per heavy atom. The van der Waals surface area contributed by atoms with Crippen LogP contribution in [-0.2, 0) is 5.60 Å². The number of nitrogens with zero attached hydrogens (tertiary/aromatic N) is 1. The first-order valence-corrected chi connectivity index (χ1v) is 8.92. The number of nitrogens with one attached hydrogen (secondary N) is 2. The number of hydrogen-bond acceptors (Lipinski definition) is 4. The van der Waals surface area contributed by atoms with Crippen molar-refractivity contribution >= 4 is 17.4 Å². The monoisotopic (exact) mass is 325 g/mol. The molecule has 0 aliphatic carbocycles. The van der Waals surface area contributed by atoms with Gasteiger partial charge in [-0.1, -0.05) is 13.0 Å². The maximum Gasteiger partial charge on any atom is 0.315 e. The highest BCUT2D eigenvalue weighted by molar-refractivity contribution is 7.10. The Morgan fingerprint density at radius 1 is 1.50 bits per heavy atom. The molecule has 1 aliphatic rings. The van der Waals surface area contributed by atoms with Crippen molar-refractivity contribution in [1.29, 1.82) is 0 Å². The van der Waals surface area contributed by atoms with E-state index in [2.05, 4.69) is 22.5 Å². The van der Waals surface area contributed by atoms with Crippen molar-refractivity contribution in [3.63, 3.8) is 0 Å². The lowest BCUT2D eigenvalue weighted by atomic mass is 10.0. The third-order valence-electron chi connectivity index (χ3n) is 4.11. The van der Waals surface area contributed by atoms with E-state index in [1.807, 2.05) is 17.5 Å². The van der Waals surface area contributed by atoms with Crippen molar-refractivity contribution < 1.29 is 9.90 Å². The largest absolute Gasteiger partial charge is 0.383 e. The van der Waals surface area contributed by atoms with Crippen LogP contribution in [0.15, 0.2) is 17.5 Å². The molecule has 1 saturated heterocycles. The summed E-state index contributed by atoms with van der Waals surface area (Å²) in [5.74, 6) is 0. The lowest BCUT2D eigenvalue weighted by Crippen LogP contribution is -2.50. The third kappa shape index (κ3) is 4.97. The molecule has 1 fully saturated rings. The standard InChI is InChI=1S/C16H27N3O2S/c1-3-8-19-9-6-13(7-10-19)18-15(20)17-12-16(2,21)14-5-4-11-22-14/h4-5,11,13,21H,3,6-10,12H2,1-2H3,(H2,17,18,20). The van der Waals surface area contributed by atoms with Crippen LogP contribution in [0.4, 0.5) is 4.79 Å². The van der Waals surface area contributed by atoms with Gasteiger partial charge in [0.1, 0.15) is 5.60 Å². The Hall–Kier alpha value is -1.11. The van der Waals surface area contributed by atoms with Crippen molar-refractivity contribution in [3.8, 4) is 0 Å². The third-order valence-corrected chi connectivity index (χ3v) is 5.23. The van der Waals surface area contributed by atoms with Crippen molar-refractivity contribution in [2.75, 3.05) is 26.2 Å². The van der Waals surface area contributed by atoms with E-state index in [1.165, 1.54) is 17.8 Å². The summed E-state index contributed by atoms with van der Waals surface area (Å²) in [5, 5.41) is 18.1. The molecule has 6 heteroatoms. The van der Waals surface area contributed by atoms with E-state index >= 15 is 0 Å². The highest BCUT2D eigenvalue weighted by Gasteiger charge is 2.26. The van der Waals surface area contributed by atoms with Gasteiger partial charge in [0.15, 0.2) is 0 Å². The smallest absolute Gasteiger partial charge is 0.315 e. The second-order valence-corrected chi connectivity index (χ2v) is 7.14. The van der Waals surface area contributed by atoms with Crippen molar-refractivity contribution in [2.45, 2.75) is 44.8 Å². The summed E-state index contributed by atoms with van der Waals surface area (Å²) >= 11 is 1.49. The molecule has 0 spiro atoms. The van der Waals surface area contributed by atoms with Gasteiger partial charge in [0.05, 0.1) is 6.54 Å². The second kappa shape index (κ2) is 7.94. The molecule has 2 amide bonds. The van der Waals surface area contributed by atoms with Gasteiger partial charge in [-0.15, -0.1) is 11.3 Å². The van der Waals surface area contributed by atoms with E-state index in [0.717, 1.165) is 37.4 Å². The zero-order valence-corrected chi connectivity index (χ0v) is 14.3. The Balaban J connectivity index is 1.70. The number of hydrogen-bond donors (Lipinski definition) is 3. The van der Waals surface area contributed by atoms with E-state index in [4.69, 9.17) is 0 Å². The van der Waals surface area contributed by atoms with Crippen LogP contribution in [-0.4, -0.2) is 48.3 Å². The SMILES string of the molecule is CCCN1CCC(NC(=O)NCC(C)(O)c2cccs2)CC1. The minimum absolute atomic E-state index is 0.189. The minimum atomic E-state index is -1.02. The summed E-state index contributed by atoms with van der Waals surface area (Å²) in [5.41, 5.74) is -1.02. The summed E-state index contributed by atoms with van der Waals surface area (Å²) in [6.07, 6.45) is 3.17. The molecular weight excluding hydrogens is 298 g/mol. The Bertz CT molecular complexity index is 454. The van der Waals surface area contributed by atoms with E-state index in [0.29, 0.717) is 0 Å².